The Bertz CT molecular complexity index is 229. The van der Waals surface area contributed by atoms with Crippen LogP contribution in [-0.4, -0.2) is 66.3 Å². The molecule has 2 rings (SSSR count). The fourth-order valence-corrected chi connectivity index (χ4v) is 2.47. The summed E-state index contributed by atoms with van der Waals surface area (Å²) < 4.78 is 0. The van der Waals surface area contributed by atoms with E-state index in [-0.39, 0.29) is 0 Å². The Morgan fingerprint density at radius 3 is 2.67 bits per heavy atom. The molecule has 0 radical (unpaired) electrons. The van der Waals surface area contributed by atoms with E-state index in [1.54, 1.807) is 4.90 Å². The van der Waals surface area contributed by atoms with Gasteiger partial charge in [0.25, 0.3) is 0 Å². The van der Waals surface area contributed by atoms with Crippen molar-refractivity contribution in [2.75, 3.05) is 39.3 Å². The highest BCUT2D eigenvalue weighted by atomic mass is 16.4. The van der Waals surface area contributed by atoms with Crippen molar-refractivity contribution in [3.05, 3.63) is 0 Å². The van der Waals surface area contributed by atoms with Gasteiger partial charge in [-0.3, -0.25) is 4.90 Å². The Morgan fingerprint density at radius 1 is 1.27 bits per heavy atom. The van der Waals surface area contributed by atoms with E-state index < -0.39 is 6.09 Å². The summed E-state index contributed by atoms with van der Waals surface area (Å²) in [4.78, 5) is 14.9. The van der Waals surface area contributed by atoms with Crippen LogP contribution >= 0.6 is 0 Å². The first kappa shape index (κ1) is 10.7. The topological polar surface area (TPSA) is 55.8 Å². The van der Waals surface area contributed by atoms with Crippen molar-refractivity contribution in [2.24, 2.45) is 0 Å². The summed E-state index contributed by atoms with van der Waals surface area (Å²) in [5, 5.41) is 12.3. The van der Waals surface area contributed by atoms with E-state index in [1.165, 1.54) is 0 Å². The van der Waals surface area contributed by atoms with Crippen LogP contribution in [0.25, 0.3) is 0 Å². The Labute approximate surface area is 90.0 Å². The van der Waals surface area contributed by atoms with Gasteiger partial charge in [-0.2, -0.15) is 0 Å². The summed E-state index contributed by atoms with van der Waals surface area (Å²) in [6.45, 7) is 5.57. The SMILES string of the molecule is O=C(O)N1CCCC(N2CCNCC2)C1. The van der Waals surface area contributed by atoms with Crippen LogP contribution in [0.15, 0.2) is 0 Å². The van der Waals surface area contributed by atoms with E-state index in [9.17, 15) is 4.79 Å². The van der Waals surface area contributed by atoms with Gasteiger partial charge >= 0.3 is 6.09 Å². The number of rotatable bonds is 1. The molecule has 1 atom stereocenters. The lowest BCUT2D eigenvalue weighted by molar-refractivity contribution is 0.0798. The number of carbonyl (C=O) groups is 1. The van der Waals surface area contributed by atoms with Gasteiger partial charge < -0.3 is 15.3 Å². The first-order valence-electron chi connectivity index (χ1n) is 5.70. The van der Waals surface area contributed by atoms with E-state index in [2.05, 4.69) is 10.2 Å². The van der Waals surface area contributed by atoms with Crippen molar-refractivity contribution >= 4 is 6.09 Å². The Morgan fingerprint density at radius 2 is 2.00 bits per heavy atom. The number of piperidine rings is 1. The van der Waals surface area contributed by atoms with Crippen molar-refractivity contribution in [3.63, 3.8) is 0 Å². The lowest BCUT2D eigenvalue weighted by Crippen LogP contribution is -2.54. The molecule has 2 fully saturated rings. The number of carboxylic acid groups (broad SMARTS) is 1. The average molecular weight is 213 g/mol. The molecular formula is C10H19N3O2. The maximum Gasteiger partial charge on any atom is 0.407 e. The zero-order valence-electron chi connectivity index (χ0n) is 8.98. The second-order valence-corrected chi connectivity index (χ2v) is 4.31. The molecule has 5 heteroatoms. The van der Waals surface area contributed by atoms with E-state index in [0.29, 0.717) is 19.1 Å². The van der Waals surface area contributed by atoms with Gasteiger partial charge in [0.1, 0.15) is 0 Å². The molecule has 0 aromatic carbocycles. The average Bonchev–Trinajstić information content (AvgIpc) is 2.30. The predicted octanol–water partition coefficient (Wildman–Crippen LogP) is 0.0340. The third kappa shape index (κ3) is 2.60. The first-order chi connectivity index (χ1) is 7.27. The van der Waals surface area contributed by atoms with Crippen molar-refractivity contribution in [2.45, 2.75) is 18.9 Å². The number of hydrogen-bond acceptors (Lipinski definition) is 3. The molecule has 5 nitrogen and oxygen atoms in total. The lowest BCUT2D eigenvalue weighted by Gasteiger charge is -2.40. The van der Waals surface area contributed by atoms with Crippen LogP contribution in [0.3, 0.4) is 0 Å². The minimum Gasteiger partial charge on any atom is -0.465 e. The minimum atomic E-state index is -0.769. The van der Waals surface area contributed by atoms with E-state index in [4.69, 9.17) is 5.11 Å². The monoisotopic (exact) mass is 213 g/mol. The highest BCUT2D eigenvalue weighted by Crippen LogP contribution is 2.16. The van der Waals surface area contributed by atoms with Crippen LogP contribution in [0.1, 0.15) is 12.8 Å². The zero-order valence-corrected chi connectivity index (χ0v) is 8.98. The molecule has 0 bridgehead atoms. The van der Waals surface area contributed by atoms with Crippen LogP contribution in [0.2, 0.25) is 0 Å². The molecule has 2 N–H and O–H groups in total. The molecular weight excluding hydrogens is 194 g/mol. The molecule has 0 saturated carbocycles. The molecule has 2 saturated heterocycles. The van der Waals surface area contributed by atoms with Crippen LogP contribution in [0.5, 0.6) is 0 Å². The highest BCUT2D eigenvalue weighted by molar-refractivity contribution is 5.65. The van der Waals surface area contributed by atoms with Gasteiger partial charge in [-0.05, 0) is 12.8 Å². The summed E-state index contributed by atoms with van der Waals surface area (Å²) in [6, 6.07) is 0.442. The minimum absolute atomic E-state index is 0.442. The quantitative estimate of drug-likeness (QED) is 0.645. The van der Waals surface area contributed by atoms with Gasteiger partial charge in [-0.15, -0.1) is 0 Å². The number of amides is 1. The molecule has 0 aromatic heterocycles. The molecule has 2 aliphatic heterocycles. The van der Waals surface area contributed by atoms with Crippen LogP contribution < -0.4 is 5.32 Å². The molecule has 0 spiro atoms. The largest absolute Gasteiger partial charge is 0.465 e. The molecule has 1 unspecified atom stereocenters. The van der Waals surface area contributed by atoms with Gasteiger partial charge in [0.2, 0.25) is 0 Å². The summed E-state index contributed by atoms with van der Waals surface area (Å²) in [5.74, 6) is 0. The Balaban J connectivity index is 1.88. The third-order valence-electron chi connectivity index (χ3n) is 3.34. The maximum absolute atomic E-state index is 10.9. The van der Waals surface area contributed by atoms with Gasteiger partial charge in [0.15, 0.2) is 0 Å². The fraction of sp³-hybridized carbons (Fsp3) is 0.900. The molecule has 86 valence electrons. The van der Waals surface area contributed by atoms with E-state index in [0.717, 1.165) is 39.0 Å². The molecule has 1 amide bonds. The number of piperazine rings is 1. The number of likely N-dealkylation sites (tertiary alicyclic amines) is 1. The normalized spacial score (nSPS) is 29.1. The summed E-state index contributed by atoms with van der Waals surface area (Å²) in [6.07, 6.45) is 1.37. The Hall–Kier alpha value is -0.810. The van der Waals surface area contributed by atoms with E-state index >= 15 is 0 Å². The smallest absolute Gasteiger partial charge is 0.407 e. The molecule has 2 aliphatic rings. The number of hydrogen-bond donors (Lipinski definition) is 2. The summed E-state index contributed by atoms with van der Waals surface area (Å²) in [7, 11) is 0. The molecule has 2 heterocycles. The van der Waals surface area contributed by atoms with Crippen molar-refractivity contribution < 1.29 is 9.90 Å². The fourth-order valence-electron chi connectivity index (χ4n) is 2.47. The lowest BCUT2D eigenvalue weighted by atomic mass is 10.0. The highest BCUT2D eigenvalue weighted by Gasteiger charge is 2.28. The third-order valence-corrected chi connectivity index (χ3v) is 3.34. The van der Waals surface area contributed by atoms with Crippen LogP contribution in [-0.2, 0) is 0 Å². The van der Waals surface area contributed by atoms with Gasteiger partial charge in [-0.25, -0.2) is 4.79 Å². The number of nitrogens with one attached hydrogen (secondary N) is 1. The number of nitrogens with zero attached hydrogens (tertiary/aromatic N) is 2. The molecule has 15 heavy (non-hydrogen) atoms. The van der Waals surface area contributed by atoms with Crippen molar-refractivity contribution in [1.29, 1.82) is 0 Å². The molecule has 0 aliphatic carbocycles. The first-order valence-corrected chi connectivity index (χ1v) is 5.70. The standard InChI is InChI=1S/C10H19N3O2/c14-10(15)13-5-1-2-9(8-13)12-6-3-11-4-7-12/h9,11H,1-8H2,(H,14,15). The maximum atomic E-state index is 10.9. The van der Waals surface area contributed by atoms with Gasteiger partial charge in [0.05, 0.1) is 0 Å². The van der Waals surface area contributed by atoms with Crippen molar-refractivity contribution in [3.8, 4) is 0 Å². The van der Waals surface area contributed by atoms with Crippen LogP contribution in [0, 0.1) is 0 Å². The Kier molecular flexibility index (Phi) is 3.43. The van der Waals surface area contributed by atoms with Crippen LogP contribution in [0.4, 0.5) is 4.79 Å². The molecule has 0 aromatic rings. The van der Waals surface area contributed by atoms with Gasteiger partial charge in [-0.1, -0.05) is 0 Å². The predicted molar refractivity (Wildman–Crippen MR) is 57.1 cm³/mol. The van der Waals surface area contributed by atoms with Crippen molar-refractivity contribution in [1.82, 2.24) is 15.1 Å². The summed E-state index contributed by atoms with van der Waals surface area (Å²) >= 11 is 0. The second kappa shape index (κ2) is 4.81. The second-order valence-electron chi connectivity index (χ2n) is 4.31. The van der Waals surface area contributed by atoms with E-state index in [1.807, 2.05) is 0 Å². The summed E-state index contributed by atoms with van der Waals surface area (Å²) in [5.41, 5.74) is 0. The zero-order chi connectivity index (χ0) is 10.7. The van der Waals surface area contributed by atoms with Gasteiger partial charge in [0, 0.05) is 45.3 Å².